The molecular weight excluding hydrogens is 290 g/mol. The Morgan fingerprint density at radius 3 is 2.45 bits per heavy atom. The molecule has 0 unspecified atom stereocenters. The Balaban J connectivity index is 1.80. The summed E-state index contributed by atoms with van der Waals surface area (Å²) in [5, 5.41) is 4.97. The number of hydrogen-bond acceptors (Lipinski definition) is 4. The van der Waals surface area contributed by atoms with Crippen LogP contribution < -0.4 is 9.88 Å². The Labute approximate surface area is 116 Å². The number of likely N-dealkylation sites (tertiary alicyclic amines) is 1. The summed E-state index contributed by atoms with van der Waals surface area (Å²) in [7, 11) is -3.71. The second-order valence-corrected chi connectivity index (χ2v) is 6.31. The van der Waals surface area contributed by atoms with Crippen LogP contribution in [0.4, 0.5) is 8.78 Å². The van der Waals surface area contributed by atoms with Gasteiger partial charge in [0, 0.05) is 19.5 Å². The van der Waals surface area contributed by atoms with Gasteiger partial charge in [-0.25, -0.2) is 22.3 Å². The zero-order valence-electron chi connectivity index (χ0n) is 10.8. The van der Waals surface area contributed by atoms with Crippen LogP contribution >= 0.6 is 0 Å². The number of nitrogens with zero attached hydrogens (tertiary/aromatic N) is 1. The molecule has 2 N–H and O–H groups in total. The molecule has 1 aliphatic heterocycles. The first-order valence-electron chi connectivity index (χ1n) is 6.12. The lowest BCUT2D eigenvalue weighted by Crippen LogP contribution is -2.29. The molecule has 0 radical (unpaired) electrons. The van der Waals surface area contributed by atoms with Crippen LogP contribution in [0.2, 0.25) is 0 Å². The van der Waals surface area contributed by atoms with E-state index in [-0.39, 0.29) is 24.5 Å². The van der Waals surface area contributed by atoms with Crippen molar-refractivity contribution in [3.8, 4) is 5.75 Å². The number of hydrogen-bond donors (Lipinski definition) is 1. The number of halogens is 2. The van der Waals surface area contributed by atoms with Crippen LogP contribution in [0.25, 0.3) is 0 Å². The van der Waals surface area contributed by atoms with Gasteiger partial charge in [-0.3, -0.25) is 4.90 Å². The Bertz CT molecular complexity index is 561. The van der Waals surface area contributed by atoms with E-state index in [0.717, 1.165) is 0 Å². The molecule has 0 bridgehead atoms. The summed E-state index contributed by atoms with van der Waals surface area (Å²) < 4.78 is 53.4. The van der Waals surface area contributed by atoms with Gasteiger partial charge >= 0.3 is 0 Å². The normalized spacial score (nSPS) is 19.1. The van der Waals surface area contributed by atoms with E-state index in [1.54, 1.807) is 4.90 Å². The number of alkyl halides is 2. The fourth-order valence-corrected chi connectivity index (χ4v) is 2.53. The molecule has 0 saturated carbocycles. The monoisotopic (exact) mass is 306 g/mol. The van der Waals surface area contributed by atoms with Gasteiger partial charge < -0.3 is 4.74 Å². The van der Waals surface area contributed by atoms with E-state index < -0.39 is 15.9 Å². The van der Waals surface area contributed by atoms with Crippen molar-refractivity contribution < 1.29 is 21.9 Å². The molecule has 1 aromatic rings. The highest BCUT2D eigenvalue weighted by atomic mass is 32.2. The second-order valence-electron chi connectivity index (χ2n) is 4.75. The SMILES string of the molecule is NS(=O)(=O)c1ccc(OCCN2CCC(F)(F)C2)cc1. The van der Waals surface area contributed by atoms with Crippen LogP contribution in [-0.4, -0.2) is 45.5 Å². The average molecular weight is 306 g/mol. The fourth-order valence-electron chi connectivity index (χ4n) is 2.02. The van der Waals surface area contributed by atoms with E-state index in [0.29, 0.717) is 18.8 Å². The quantitative estimate of drug-likeness (QED) is 0.882. The molecule has 8 heteroatoms. The Morgan fingerprint density at radius 1 is 1.30 bits per heavy atom. The second kappa shape index (κ2) is 5.63. The van der Waals surface area contributed by atoms with Crippen molar-refractivity contribution in [3.05, 3.63) is 24.3 Å². The lowest BCUT2D eigenvalue weighted by Gasteiger charge is -2.15. The highest BCUT2D eigenvalue weighted by molar-refractivity contribution is 7.89. The summed E-state index contributed by atoms with van der Waals surface area (Å²) in [5.74, 6) is -2.12. The topological polar surface area (TPSA) is 72.6 Å². The Hall–Kier alpha value is -1.25. The first-order chi connectivity index (χ1) is 9.26. The number of nitrogens with two attached hydrogens (primary N) is 1. The molecule has 1 saturated heterocycles. The van der Waals surface area contributed by atoms with E-state index in [1.165, 1.54) is 24.3 Å². The van der Waals surface area contributed by atoms with Gasteiger partial charge in [-0.15, -0.1) is 0 Å². The molecule has 1 aromatic carbocycles. The highest BCUT2D eigenvalue weighted by Crippen LogP contribution is 2.26. The zero-order valence-corrected chi connectivity index (χ0v) is 11.6. The van der Waals surface area contributed by atoms with Gasteiger partial charge in [-0.05, 0) is 24.3 Å². The lowest BCUT2D eigenvalue weighted by molar-refractivity contribution is 0.0113. The molecular formula is C12H16F2N2O3S. The minimum atomic E-state index is -3.71. The van der Waals surface area contributed by atoms with Crippen LogP contribution in [0.1, 0.15) is 6.42 Å². The number of primary sulfonamides is 1. The van der Waals surface area contributed by atoms with Crippen LogP contribution in [0.3, 0.4) is 0 Å². The van der Waals surface area contributed by atoms with Crippen molar-refractivity contribution >= 4 is 10.0 Å². The van der Waals surface area contributed by atoms with Gasteiger partial charge in [0.05, 0.1) is 11.4 Å². The van der Waals surface area contributed by atoms with Gasteiger partial charge in [0.25, 0.3) is 5.92 Å². The third kappa shape index (κ3) is 4.12. The minimum Gasteiger partial charge on any atom is -0.492 e. The van der Waals surface area contributed by atoms with Crippen molar-refractivity contribution in [2.75, 3.05) is 26.2 Å². The van der Waals surface area contributed by atoms with E-state index in [2.05, 4.69) is 0 Å². The number of benzene rings is 1. The molecule has 112 valence electrons. The third-order valence-electron chi connectivity index (χ3n) is 3.08. The highest BCUT2D eigenvalue weighted by Gasteiger charge is 2.37. The van der Waals surface area contributed by atoms with Gasteiger partial charge in [0.2, 0.25) is 10.0 Å². The number of ether oxygens (including phenoxy) is 1. The maximum atomic E-state index is 12.9. The Morgan fingerprint density at radius 2 is 1.95 bits per heavy atom. The van der Waals surface area contributed by atoms with Gasteiger partial charge in [-0.1, -0.05) is 0 Å². The smallest absolute Gasteiger partial charge is 0.261 e. The summed E-state index contributed by atoms with van der Waals surface area (Å²) in [6, 6.07) is 5.65. The summed E-state index contributed by atoms with van der Waals surface area (Å²) >= 11 is 0. The van der Waals surface area contributed by atoms with E-state index >= 15 is 0 Å². The molecule has 0 amide bonds. The molecule has 5 nitrogen and oxygen atoms in total. The van der Waals surface area contributed by atoms with E-state index in [9.17, 15) is 17.2 Å². The number of rotatable bonds is 5. The molecule has 0 atom stereocenters. The van der Waals surface area contributed by atoms with Crippen molar-refractivity contribution in [1.82, 2.24) is 4.90 Å². The maximum Gasteiger partial charge on any atom is 0.261 e. The van der Waals surface area contributed by atoms with Crippen LogP contribution in [0, 0.1) is 0 Å². The van der Waals surface area contributed by atoms with Crippen molar-refractivity contribution in [1.29, 1.82) is 0 Å². The van der Waals surface area contributed by atoms with Crippen LogP contribution in [-0.2, 0) is 10.0 Å². The zero-order chi connectivity index (χ0) is 14.8. The summed E-state index contributed by atoms with van der Waals surface area (Å²) in [6.07, 6.45) is -0.115. The molecule has 2 rings (SSSR count). The average Bonchev–Trinajstić information content (AvgIpc) is 2.68. The van der Waals surface area contributed by atoms with Gasteiger partial charge in [0.1, 0.15) is 12.4 Å². The van der Waals surface area contributed by atoms with Gasteiger partial charge in [0.15, 0.2) is 0 Å². The first-order valence-corrected chi connectivity index (χ1v) is 7.67. The largest absolute Gasteiger partial charge is 0.492 e. The molecule has 0 spiro atoms. The molecule has 1 fully saturated rings. The van der Waals surface area contributed by atoms with Crippen molar-refractivity contribution in [2.45, 2.75) is 17.2 Å². The van der Waals surface area contributed by atoms with Gasteiger partial charge in [-0.2, -0.15) is 0 Å². The van der Waals surface area contributed by atoms with Crippen molar-refractivity contribution in [3.63, 3.8) is 0 Å². The predicted molar refractivity (Wildman–Crippen MR) is 69.3 cm³/mol. The van der Waals surface area contributed by atoms with E-state index in [4.69, 9.17) is 9.88 Å². The first kappa shape index (κ1) is 15.1. The lowest BCUT2D eigenvalue weighted by atomic mass is 10.3. The molecule has 20 heavy (non-hydrogen) atoms. The third-order valence-corrected chi connectivity index (χ3v) is 4.01. The predicted octanol–water partition coefficient (Wildman–Crippen LogP) is 1.05. The summed E-state index contributed by atoms with van der Waals surface area (Å²) in [6.45, 7) is 0.804. The van der Waals surface area contributed by atoms with Crippen LogP contribution in [0.15, 0.2) is 29.2 Å². The van der Waals surface area contributed by atoms with Crippen LogP contribution in [0.5, 0.6) is 5.75 Å². The summed E-state index contributed by atoms with van der Waals surface area (Å²) in [5.41, 5.74) is 0. The number of sulfonamides is 1. The molecule has 1 heterocycles. The minimum absolute atomic E-state index is 0.00374. The van der Waals surface area contributed by atoms with Crippen molar-refractivity contribution in [2.24, 2.45) is 5.14 Å². The van der Waals surface area contributed by atoms with E-state index in [1.807, 2.05) is 0 Å². The standard InChI is InChI=1S/C12H16F2N2O3S/c13-12(14)5-6-16(9-12)7-8-19-10-1-3-11(4-2-10)20(15,17)18/h1-4H,5-9H2,(H2,15,17,18). The maximum absolute atomic E-state index is 12.9. The molecule has 0 aliphatic carbocycles. The molecule has 1 aliphatic rings. The fraction of sp³-hybridized carbons (Fsp3) is 0.500. The summed E-state index contributed by atoms with van der Waals surface area (Å²) in [4.78, 5) is 1.64. The molecule has 0 aromatic heterocycles. The Kier molecular flexibility index (Phi) is 4.26.